The van der Waals surface area contributed by atoms with E-state index < -0.39 is 8.07 Å². The lowest BCUT2D eigenvalue weighted by molar-refractivity contribution is 0.821. The van der Waals surface area contributed by atoms with Gasteiger partial charge in [0.25, 0.3) is 0 Å². The van der Waals surface area contributed by atoms with Crippen LogP contribution in [0.4, 0.5) is 0 Å². The Labute approximate surface area is 112 Å². The lowest BCUT2D eigenvalue weighted by atomic mass is 10.0. The Morgan fingerprint density at radius 3 is 2.61 bits per heavy atom. The van der Waals surface area contributed by atoms with Gasteiger partial charge in [0, 0.05) is 0 Å². The molecule has 1 aliphatic carbocycles. The highest BCUT2D eigenvalue weighted by Gasteiger charge is 2.18. The molecule has 0 unspecified atom stereocenters. The lowest BCUT2D eigenvalue weighted by Gasteiger charge is -2.20. The second-order valence-electron chi connectivity index (χ2n) is 5.99. The van der Waals surface area contributed by atoms with E-state index in [-0.39, 0.29) is 0 Å². The Morgan fingerprint density at radius 1 is 1.17 bits per heavy atom. The molecule has 0 aromatic heterocycles. The Kier molecular flexibility index (Phi) is 4.59. The van der Waals surface area contributed by atoms with Crippen molar-refractivity contribution in [2.24, 2.45) is 0 Å². The predicted molar refractivity (Wildman–Crippen MR) is 83.5 cm³/mol. The quantitative estimate of drug-likeness (QED) is 0.654. The van der Waals surface area contributed by atoms with Gasteiger partial charge >= 0.3 is 0 Å². The molecule has 0 bridgehead atoms. The van der Waals surface area contributed by atoms with E-state index in [9.17, 15) is 0 Å². The van der Waals surface area contributed by atoms with Gasteiger partial charge in [-0.2, -0.15) is 0 Å². The summed E-state index contributed by atoms with van der Waals surface area (Å²) in [7, 11) is -1.19. The molecule has 18 heavy (non-hydrogen) atoms. The molecule has 0 N–H and O–H groups in total. The number of rotatable bonds is 4. The van der Waals surface area contributed by atoms with Crippen LogP contribution in [0.25, 0.3) is 0 Å². The fraction of sp³-hybridized carbons (Fsp3) is 0.412. The molecular weight excluding hydrogens is 232 g/mol. The molecule has 1 aliphatic rings. The van der Waals surface area contributed by atoms with Crippen LogP contribution < -0.4 is 0 Å². The number of benzene rings is 1. The summed E-state index contributed by atoms with van der Waals surface area (Å²) < 4.78 is 0. The van der Waals surface area contributed by atoms with Gasteiger partial charge in [0.1, 0.15) is 0 Å². The Morgan fingerprint density at radius 2 is 1.94 bits per heavy atom. The van der Waals surface area contributed by atoms with E-state index >= 15 is 0 Å². The summed E-state index contributed by atoms with van der Waals surface area (Å²) in [6.07, 6.45) is 9.80. The van der Waals surface area contributed by atoms with Gasteiger partial charge in [-0.1, -0.05) is 72.9 Å². The largest absolute Gasteiger partial charge is 0.0916 e. The first-order valence-corrected chi connectivity index (χ1v) is 10.4. The molecule has 2 rings (SSSR count). The number of aryl methyl sites for hydroxylation is 1. The zero-order valence-corrected chi connectivity index (χ0v) is 12.7. The molecule has 96 valence electrons. The fourth-order valence-corrected chi connectivity index (χ4v) is 4.87. The molecular formula is C17H24Si. The van der Waals surface area contributed by atoms with Crippen molar-refractivity contribution in [2.45, 2.75) is 44.8 Å². The van der Waals surface area contributed by atoms with Crippen molar-refractivity contribution < 1.29 is 0 Å². The average Bonchev–Trinajstić information content (AvgIpc) is 2.38. The topological polar surface area (TPSA) is 0 Å². The summed E-state index contributed by atoms with van der Waals surface area (Å²) in [6.45, 7) is 4.98. The van der Waals surface area contributed by atoms with Crippen molar-refractivity contribution in [1.29, 1.82) is 0 Å². The molecule has 1 heteroatoms. The first-order valence-electron chi connectivity index (χ1n) is 7.08. The molecule has 0 heterocycles. The summed E-state index contributed by atoms with van der Waals surface area (Å²) in [5, 5.41) is 0. The van der Waals surface area contributed by atoms with Crippen molar-refractivity contribution in [3.8, 4) is 0 Å². The first kappa shape index (κ1) is 13.4. The van der Waals surface area contributed by atoms with Crippen LogP contribution in [0.1, 0.15) is 24.8 Å². The zero-order valence-electron chi connectivity index (χ0n) is 11.7. The third-order valence-electron chi connectivity index (χ3n) is 3.65. The normalized spacial score (nSPS) is 18.2. The van der Waals surface area contributed by atoms with Crippen LogP contribution in [0.3, 0.4) is 0 Å². The van der Waals surface area contributed by atoms with Gasteiger partial charge in [-0.3, -0.25) is 0 Å². The van der Waals surface area contributed by atoms with Crippen LogP contribution in [-0.2, 0) is 6.42 Å². The van der Waals surface area contributed by atoms with E-state index in [1.165, 1.54) is 37.3 Å². The van der Waals surface area contributed by atoms with Crippen LogP contribution in [0.15, 0.2) is 53.8 Å². The molecule has 1 aromatic rings. The van der Waals surface area contributed by atoms with Crippen LogP contribution in [0, 0.1) is 0 Å². The second-order valence-corrected chi connectivity index (χ2v) is 10.8. The maximum atomic E-state index is 2.62. The maximum absolute atomic E-state index is 2.62. The van der Waals surface area contributed by atoms with Crippen LogP contribution >= 0.6 is 0 Å². The third-order valence-corrected chi connectivity index (χ3v) is 6.34. The van der Waals surface area contributed by atoms with E-state index in [4.69, 9.17) is 0 Å². The maximum Gasteiger partial charge on any atom is 0.0724 e. The molecule has 0 nitrogen and oxygen atoms in total. The van der Waals surface area contributed by atoms with Crippen LogP contribution in [-0.4, -0.2) is 8.07 Å². The minimum absolute atomic E-state index is 1.19. The smallest absolute Gasteiger partial charge is 0.0724 e. The summed E-state index contributed by atoms with van der Waals surface area (Å²) in [5.41, 5.74) is 5.69. The molecule has 0 aliphatic heterocycles. The Bertz CT molecular complexity index is 426. The molecule has 0 saturated carbocycles. The number of hydrogen-bond donors (Lipinski definition) is 0. The summed E-state index contributed by atoms with van der Waals surface area (Å²) in [4.78, 5) is 0. The summed E-state index contributed by atoms with van der Waals surface area (Å²) in [5.74, 6) is 0. The number of allylic oxidation sites excluding steroid dienone is 3. The second kappa shape index (κ2) is 6.19. The van der Waals surface area contributed by atoms with E-state index in [0.29, 0.717) is 0 Å². The number of hydrogen-bond acceptors (Lipinski definition) is 0. The van der Waals surface area contributed by atoms with Gasteiger partial charge in [0.05, 0.1) is 8.07 Å². The highest BCUT2D eigenvalue weighted by Crippen LogP contribution is 2.22. The molecule has 1 aromatic carbocycles. The lowest BCUT2D eigenvalue weighted by Crippen LogP contribution is -2.24. The first-order chi connectivity index (χ1) is 8.66. The standard InChI is InChI=1S/C17H24Si/c1-18(2,15-17-11-7-4-8-12-17)14-13-16-9-5-3-6-10-16/h3,5-7,9-11,15H,4,8,12-14H2,1-2H3/b17-15-. The highest BCUT2D eigenvalue weighted by molar-refractivity contribution is 6.82. The molecule has 0 radical (unpaired) electrons. The van der Waals surface area contributed by atoms with Crippen LogP contribution in [0.5, 0.6) is 0 Å². The molecule has 0 fully saturated rings. The molecule has 0 atom stereocenters. The van der Waals surface area contributed by atoms with E-state index in [2.05, 4.69) is 61.3 Å². The Hall–Kier alpha value is -1.08. The fourth-order valence-electron chi connectivity index (χ4n) is 2.55. The molecule has 0 amide bonds. The van der Waals surface area contributed by atoms with Crippen molar-refractivity contribution in [3.05, 3.63) is 59.3 Å². The highest BCUT2D eigenvalue weighted by atomic mass is 28.3. The average molecular weight is 256 g/mol. The van der Waals surface area contributed by atoms with Gasteiger partial charge in [0.15, 0.2) is 0 Å². The van der Waals surface area contributed by atoms with Gasteiger partial charge in [-0.05, 0) is 31.2 Å². The van der Waals surface area contributed by atoms with Crippen LogP contribution in [0.2, 0.25) is 19.1 Å². The third kappa shape index (κ3) is 4.30. The minimum atomic E-state index is -1.19. The van der Waals surface area contributed by atoms with E-state index in [1.54, 1.807) is 5.57 Å². The SMILES string of the molecule is C[Si](C)(/C=C1/C=CCCC1)CCc1ccccc1. The monoisotopic (exact) mass is 256 g/mol. The van der Waals surface area contributed by atoms with Crippen molar-refractivity contribution in [1.82, 2.24) is 0 Å². The Balaban J connectivity index is 1.95. The molecule has 0 spiro atoms. The summed E-state index contributed by atoms with van der Waals surface area (Å²) >= 11 is 0. The van der Waals surface area contributed by atoms with Gasteiger partial charge in [-0.15, -0.1) is 0 Å². The van der Waals surface area contributed by atoms with Gasteiger partial charge < -0.3 is 0 Å². The molecule has 0 saturated heterocycles. The van der Waals surface area contributed by atoms with Crippen molar-refractivity contribution in [3.63, 3.8) is 0 Å². The van der Waals surface area contributed by atoms with Crippen molar-refractivity contribution in [2.75, 3.05) is 0 Å². The van der Waals surface area contributed by atoms with Gasteiger partial charge in [0.2, 0.25) is 0 Å². The zero-order chi connectivity index (χ0) is 12.8. The van der Waals surface area contributed by atoms with E-state index in [1.807, 2.05) is 0 Å². The minimum Gasteiger partial charge on any atom is -0.0916 e. The predicted octanol–water partition coefficient (Wildman–Crippen LogP) is 5.14. The van der Waals surface area contributed by atoms with Gasteiger partial charge in [-0.25, -0.2) is 0 Å². The van der Waals surface area contributed by atoms with Crippen molar-refractivity contribution >= 4 is 8.07 Å². The van der Waals surface area contributed by atoms with E-state index in [0.717, 1.165) is 0 Å². The summed E-state index contributed by atoms with van der Waals surface area (Å²) in [6, 6.07) is 12.2.